The summed E-state index contributed by atoms with van der Waals surface area (Å²) >= 11 is 1.51. The number of benzene rings is 2. The number of carbonyl (C=O) groups excluding carboxylic acids is 1. The average molecular weight is 383 g/mol. The summed E-state index contributed by atoms with van der Waals surface area (Å²) in [5.41, 5.74) is 2.84. The fraction of sp³-hybridized carbons (Fsp3) is 0.364. The molecule has 0 saturated carbocycles. The van der Waals surface area contributed by atoms with Crippen LogP contribution in [0, 0.1) is 0 Å². The first-order valence-corrected chi connectivity index (χ1v) is 10.4. The van der Waals surface area contributed by atoms with E-state index >= 15 is 0 Å². The number of aryl methyl sites for hydroxylation is 1. The van der Waals surface area contributed by atoms with E-state index in [4.69, 9.17) is 4.74 Å². The first-order valence-electron chi connectivity index (χ1n) is 9.56. The van der Waals surface area contributed by atoms with Gasteiger partial charge < -0.3 is 4.74 Å². The molecule has 0 aliphatic heterocycles. The first kappa shape index (κ1) is 19.4. The number of nitrogens with zero attached hydrogens (tertiary/aromatic N) is 1. The molecule has 0 aliphatic carbocycles. The van der Waals surface area contributed by atoms with Crippen LogP contribution in [0.25, 0.3) is 10.2 Å². The second-order valence-corrected chi connectivity index (χ2v) is 7.77. The number of aromatic nitrogens is 1. The maximum absolute atomic E-state index is 12.5. The van der Waals surface area contributed by atoms with Crippen LogP contribution >= 0.6 is 11.3 Å². The molecule has 0 fully saturated rings. The normalized spacial score (nSPS) is 12.1. The van der Waals surface area contributed by atoms with Crippen LogP contribution in [-0.2, 0) is 6.42 Å². The minimum Gasteiger partial charge on any atom is -0.491 e. The minimum atomic E-state index is -0.157. The van der Waals surface area contributed by atoms with E-state index in [-0.39, 0.29) is 12.0 Å². The molecule has 5 heteroatoms. The Kier molecular flexibility index (Phi) is 6.45. The number of hydrogen-bond acceptors (Lipinski definition) is 4. The van der Waals surface area contributed by atoms with Crippen molar-refractivity contribution in [2.45, 2.75) is 52.6 Å². The second-order valence-electron chi connectivity index (χ2n) is 6.74. The molecule has 1 aromatic heterocycles. The number of rotatable bonds is 8. The molecule has 0 saturated heterocycles. The van der Waals surface area contributed by atoms with E-state index in [0.717, 1.165) is 28.8 Å². The van der Waals surface area contributed by atoms with Gasteiger partial charge in [0.25, 0.3) is 5.91 Å². The zero-order valence-corrected chi connectivity index (χ0v) is 16.9. The van der Waals surface area contributed by atoms with Crippen molar-refractivity contribution in [3.63, 3.8) is 0 Å². The van der Waals surface area contributed by atoms with Gasteiger partial charge in [-0.15, -0.1) is 0 Å². The molecule has 1 amide bonds. The zero-order valence-electron chi connectivity index (χ0n) is 16.1. The number of unbranched alkanes of at least 4 members (excludes halogenated alkanes) is 1. The van der Waals surface area contributed by atoms with E-state index in [0.29, 0.717) is 10.7 Å². The molecule has 3 rings (SSSR count). The van der Waals surface area contributed by atoms with E-state index in [1.165, 1.54) is 29.7 Å². The largest absolute Gasteiger partial charge is 0.491 e. The van der Waals surface area contributed by atoms with Crippen molar-refractivity contribution in [1.82, 2.24) is 4.98 Å². The second kappa shape index (κ2) is 9.00. The number of hydrogen-bond donors (Lipinski definition) is 1. The lowest BCUT2D eigenvalue weighted by Gasteiger charge is -2.12. The predicted octanol–water partition coefficient (Wildman–Crippen LogP) is 6.07. The Balaban J connectivity index is 1.68. The highest BCUT2D eigenvalue weighted by Crippen LogP contribution is 2.28. The molecule has 27 heavy (non-hydrogen) atoms. The molecule has 0 bridgehead atoms. The number of anilines is 1. The number of fused-ring (bicyclic) bond motifs is 1. The van der Waals surface area contributed by atoms with Gasteiger partial charge in [-0.3, -0.25) is 10.1 Å². The van der Waals surface area contributed by atoms with Gasteiger partial charge in [0.15, 0.2) is 5.13 Å². The highest BCUT2D eigenvalue weighted by molar-refractivity contribution is 7.22. The van der Waals surface area contributed by atoms with Gasteiger partial charge in [-0.1, -0.05) is 37.7 Å². The van der Waals surface area contributed by atoms with Gasteiger partial charge in [0, 0.05) is 5.56 Å². The zero-order chi connectivity index (χ0) is 19.2. The van der Waals surface area contributed by atoms with Crippen molar-refractivity contribution in [3.8, 4) is 5.75 Å². The van der Waals surface area contributed by atoms with Gasteiger partial charge in [0.2, 0.25) is 0 Å². The molecule has 2 aromatic carbocycles. The molecule has 3 aromatic rings. The number of ether oxygens (including phenoxy) is 1. The van der Waals surface area contributed by atoms with Gasteiger partial charge in [-0.2, -0.15) is 0 Å². The summed E-state index contributed by atoms with van der Waals surface area (Å²) in [7, 11) is 0. The van der Waals surface area contributed by atoms with E-state index in [2.05, 4.69) is 36.3 Å². The molecular formula is C22H26N2O2S. The fourth-order valence-corrected chi connectivity index (χ4v) is 3.65. The van der Waals surface area contributed by atoms with Crippen LogP contribution in [0.1, 0.15) is 56.0 Å². The maximum atomic E-state index is 12.5. The lowest BCUT2D eigenvalue weighted by Crippen LogP contribution is -2.12. The topological polar surface area (TPSA) is 51.2 Å². The summed E-state index contributed by atoms with van der Waals surface area (Å²) in [6, 6.07) is 13.6. The number of thiazole rings is 1. The monoisotopic (exact) mass is 382 g/mol. The van der Waals surface area contributed by atoms with Gasteiger partial charge in [-0.05, 0) is 68.1 Å². The van der Waals surface area contributed by atoms with Gasteiger partial charge in [0.05, 0.1) is 16.3 Å². The Bertz CT molecular complexity index is 902. The average Bonchev–Trinajstić information content (AvgIpc) is 3.08. The van der Waals surface area contributed by atoms with E-state index < -0.39 is 0 Å². The summed E-state index contributed by atoms with van der Waals surface area (Å²) in [5, 5.41) is 3.54. The Labute approximate surface area is 164 Å². The third-order valence-electron chi connectivity index (χ3n) is 4.52. The molecule has 4 nitrogen and oxygen atoms in total. The minimum absolute atomic E-state index is 0.157. The third-order valence-corrected chi connectivity index (χ3v) is 5.45. The van der Waals surface area contributed by atoms with Crippen LogP contribution in [0.4, 0.5) is 5.13 Å². The van der Waals surface area contributed by atoms with Crippen molar-refractivity contribution in [2.75, 3.05) is 5.32 Å². The molecule has 0 aliphatic rings. The smallest absolute Gasteiger partial charge is 0.257 e. The van der Waals surface area contributed by atoms with Gasteiger partial charge in [0.1, 0.15) is 5.75 Å². The highest BCUT2D eigenvalue weighted by atomic mass is 32.1. The van der Waals surface area contributed by atoms with E-state index in [1.54, 1.807) is 12.1 Å². The summed E-state index contributed by atoms with van der Waals surface area (Å²) in [6.07, 6.45) is 4.56. The molecule has 1 N–H and O–H groups in total. The van der Waals surface area contributed by atoms with Crippen LogP contribution in [0.3, 0.4) is 0 Å². The van der Waals surface area contributed by atoms with Crippen LogP contribution in [0.5, 0.6) is 5.75 Å². The van der Waals surface area contributed by atoms with E-state index in [1.807, 2.05) is 25.1 Å². The Morgan fingerprint density at radius 2 is 1.96 bits per heavy atom. The van der Waals surface area contributed by atoms with Gasteiger partial charge in [-0.25, -0.2) is 4.98 Å². The van der Waals surface area contributed by atoms with Crippen molar-refractivity contribution in [1.29, 1.82) is 0 Å². The summed E-state index contributed by atoms with van der Waals surface area (Å²) in [5.74, 6) is 0.621. The highest BCUT2D eigenvalue weighted by Gasteiger charge is 2.11. The maximum Gasteiger partial charge on any atom is 0.257 e. The lowest BCUT2D eigenvalue weighted by molar-refractivity contribution is 0.102. The Hall–Kier alpha value is -2.40. The van der Waals surface area contributed by atoms with Crippen LogP contribution in [-0.4, -0.2) is 17.0 Å². The first-order chi connectivity index (χ1) is 13.1. The Morgan fingerprint density at radius 3 is 2.67 bits per heavy atom. The fourth-order valence-electron chi connectivity index (χ4n) is 2.73. The van der Waals surface area contributed by atoms with Crippen molar-refractivity contribution in [2.24, 2.45) is 0 Å². The molecule has 0 radical (unpaired) electrons. The van der Waals surface area contributed by atoms with Gasteiger partial charge >= 0.3 is 0 Å². The molecule has 0 spiro atoms. The number of carbonyl (C=O) groups is 1. The molecule has 1 heterocycles. The van der Waals surface area contributed by atoms with E-state index in [9.17, 15) is 4.79 Å². The SMILES string of the molecule is CCCCc1ccc2nc(NC(=O)c3ccc(O[C@H](C)CC)cc3)sc2c1. The molecule has 142 valence electrons. The van der Waals surface area contributed by atoms with Crippen LogP contribution < -0.4 is 10.1 Å². The quantitative estimate of drug-likeness (QED) is 0.514. The number of amides is 1. The van der Waals surface area contributed by atoms with Crippen molar-refractivity contribution < 1.29 is 9.53 Å². The number of nitrogens with one attached hydrogen (secondary N) is 1. The molecule has 0 unspecified atom stereocenters. The molecular weight excluding hydrogens is 356 g/mol. The summed E-state index contributed by atoms with van der Waals surface area (Å²) in [6.45, 7) is 6.31. The van der Waals surface area contributed by atoms with Crippen LogP contribution in [0.2, 0.25) is 0 Å². The summed E-state index contributed by atoms with van der Waals surface area (Å²) in [4.78, 5) is 17.0. The summed E-state index contributed by atoms with van der Waals surface area (Å²) < 4.78 is 6.86. The predicted molar refractivity (Wildman–Crippen MR) is 113 cm³/mol. The standard InChI is InChI=1S/C22H26N2O2S/c1-4-6-7-16-8-13-19-20(14-16)27-22(23-19)24-21(25)17-9-11-18(12-10-17)26-15(3)5-2/h8-15H,4-7H2,1-3H3,(H,23,24,25)/t15-/m1/s1. The Morgan fingerprint density at radius 1 is 1.19 bits per heavy atom. The van der Waals surface area contributed by atoms with Crippen LogP contribution in [0.15, 0.2) is 42.5 Å². The molecule has 1 atom stereocenters. The van der Waals surface area contributed by atoms with Crippen molar-refractivity contribution >= 4 is 32.6 Å². The lowest BCUT2D eigenvalue weighted by atomic mass is 10.1. The third kappa shape index (κ3) is 5.07. The van der Waals surface area contributed by atoms with Crippen molar-refractivity contribution in [3.05, 3.63) is 53.6 Å².